The molecule has 32 heavy (non-hydrogen) atoms. The predicted molar refractivity (Wildman–Crippen MR) is 121 cm³/mol. The molecular formula is C19H36N6O6S. The summed E-state index contributed by atoms with van der Waals surface area (Å²) in [5.74, 6) is -3.35. The summed E-state index contributed by atoms with van der Waals surface area (Å²) < 4.78 is 0. The van der Waals surface area contributed by atoms with Crippen LogP contribution in [0.15, 0.2) is 0 Å². The fraction of sp³-hybridized carbons (Fsp3) is 0.737. The third kappa shape index (κ3) is 12.5. The van der Waals surface area contributed by atoms with Gasteiger partial charge in [0, 0.05) is 6.42 Å². The van der Waals surface area contributed by atoms with Crippen molar-refractivity contribution in [1.29, 1.82) is 0 Å². The second-order valence-corrected chi connectivity index (χ2v) is 8.37. The van der Waals surface area contributed by atoms with Crippen LogP contribution in [0, 0.1) is 0 Å². The number of hydrogen-bond acceptors (Lipinski definition) is 8. The summed E-state index contributed by atoms with van der Waals surface area (Å²) in [6.07, 6.45) is 3.09. The van der Waals surface area contributed by atoms with Crippen molar-refractivity contribution in [3.63, 3.8) is 0 Å². The number of carbonyl (C=O) groups is 5. The zero-order valence-corrected chi connectivity index (χ0v) is 19.4. The summed E-state index contributed by atoms with van der Waals surface area (Å²) in [5, 5.41) is 16.8. The van der Waals surface area contributed by atoms with Crippen molar-refractivity contribution in [1.82, 2.24) is 16.0 Å². The Bertz CT molecular complexity index is 648. The predicted octanol–water partition coefficient (Wildman–Crippen LogP) is -1.98. The number of carbonyl (C=O) groups excluding carboxylic acids is 4. The van der Waals surface area contributed by atoms with Crippen molar-refractivity contribution in [2.24, 2.45) is 17.2 Å². The highest BCUT2D eigenvalue weighted by atomic mass is 32.2. The fourth-order valence-electron chi connectivity index (χ4n) is 2.66. The molecule has 0 heterocycles. The molecule has 4 amide bonds. The second kappa shape index (κ2) is 16.3. The van der Waals surface area contributed by atoms with Gasteiger partial charge in [-0.2, -0.15) is 11.8 Å². The molecule has 0 aromatic rings. The molecule has 13 heteroatoms. The van der Waals surface area contributed by atoms with Crippen LogP contribution in [0.2, 0.25) is 0 Å². The number of rotatable bonds is 17. The molecule has 4 atom stereocenters. The van der Waals surface area contributed by atoms with Gasteiger partial charge in [0.2, 0.25) is 23.6 Å². The Morgan fingerprint density at radius 1 is 0.875 bits per heavy atom. The summed E-state index contributed by atoms with van der Waals surface area (Å²) >= 11 is 1.42. The van der Waals surface area contributed by atoms with Crippen LogP contribution >= 0.6 is 11.8 Å². The molecule has 12 nitrogen and oxygen atoms in total. The minimum atomic E-state index is -1.21. The van der Waals surface area contributed by atoms with Crippen molar-refractivity contribution in [2.75, 3.05) is 18.6 Å². The van der Waals surface area contributed by atoms with Crippen molar-refractivity contribution < 1.29 is 29.1 Å². The molecule has 0 bridgehead atoms. The first kappa shape index (κ1) is 29.6. The Morgan fingerprint density at radius 2 is 1.41 bits per heavy atom. The minimum absolute atomic E-state index is 0.126. The summed E-state index contributed by atoms with van der Waals surface area (Å²) in [7, 11) is 0. The average molecular weight is 477 g/mol. The first-order valence-corrected chi connectivity index (χ1v) is 11.8. The molecule has 0 aromatic carbocycles. The van der Waals surface area contributed by atoms with E-state index in [9.17, 15) is 29.1 Å². The van der Waals surface area contributed by atoms with Gasteiger partial charge in [-0.1, -0.05) is 0 Å². The SMILES string of the molecule is CSCCC(NC(=O)C(CCC(N)=O)NC(=O)C(CCCCN)NC(=O)C(C)N)C(=O)O. The second-order valence-electron chi connectivity index (χ2n) is 7.38. The standard InChI is InChI=1S/C19H36N6O6S/c1-11(21)16(27)23-12(5-3-4-9-20)17(28)24-13(6-7-15(22)26)18(29)25-14(19(30)31)8-10-32-2/h11-14H,3-10,20-21H2,1-2H3,(H2,22,26)(H,23,27)(H,24,28)(H,25,29)(H,30,31). The van der Waals surface area contributed by atoms with Gasteiger partial charge in [0.25, 0.3) is 0 Å². The molecule has 0 rings (SSSR count). The van der Waals surface area contributed by atoms with Crippen molar-refractivity contribution in [2.45, 2.75) is 69.6 Å². The number of unbranched alkanes of at least 4 members (excludes halogenated alkanes) is 1. The number of carboxylic acids is 1. The van der Waals surface area contributed by atoms with Crippen LogP contribution in [0.4, 0.5) is 0 Å². The molecule has 0 aliphatic heterocycles. The van der Waals surface area contributed by atoms with E-state index in [0.29, 0.717) is 25.1 Å². The lowest BCUT2D eigenvalue weighted by Gasteiger charge is -2.25. The van der Waals surface area contributed by atoms with E-state index < -0.39 is 53.8 Å². The largest absolute Gasteiger partial charge is 0.480 e. The maximum absolute atomic E-state index is 12.8. The molecule has 10 N–H and O–H groups in total. The summed E-state index contributed by atoms with van der Waals surface area (Å²) in [6, 6.07) is -4.19. The average Bonchev–Trinajstić information content (AvgIpc) is 2.72. The monoisotopic (exact) mass is 476 g/mol. The molecule has 0 aliphatic rings. The molecule has 0 aliphatic carbocycles. The highest BCUT2D eigenvalue weighted by Gasteiger charge is 2.29. The molecule has 0 aromatic heterocycles. The van der Waals surface area contributed by atoms with Crippen molar-refractivity contribution in [3.8, 4) is 0 Å². The third-order valence-electron chi connectivity index (χ3n) is 4.53. The van der Waals surface area contributed by atoms with Crippen LogP contribution in [0.3, 0.4) is 0 Å². The highest BCUT2D eigenvalue weighted by molar-refractivity contribution is 7.98. The Morgan fingerprint density at radius 3 is 1.88 bits per heavy atom. The van der Waals surface area contributed by atoms with E-state index in [1.807, 2.05) is 0 Å². The number of hydrogen-bond donors (Lipinski definition) is 7. The van der Waals surface area contributed by atoms with Crippen LogP contribution in [-0.4, -0.2) is 77.4 Å². The fourth-order valence-corrected chi connectivity index (χ4v) is 3.13. The number of aliphatic carboxylic acids is 1. The van der Waals surface area contributed by atoms with Crippen LogP contribution < -0.4 is 33.2 Å². The lowest BCUT2D eigenvalue weighted by molar-refractivity contribution is -0.142. The molecule has 0 saturated carbocycles. The number of nitrogens with two attached hydrogens (primary N) is 3. The maximum atomic E-state index is 12.8. The lowest BCUT2D eigenvalue weighted by atomic mass is 10.1. The number of amides is 4. The minimum Gasteiger partial charge on any atom is -0.480 e. The molecule has 184 valence electrons. The van der Waals surface area contributed by atoms with E-state index in [0.717, 1.165) is 0 Å². The van der Waals surface area contributed by atoms with Gasteiger partial charge in [-0.15, -0.1) is 0 Å². The highest BCUT2D eigenvalue weighted by Crippen LogP contribution is 2.06. The topological polar surface area (TPSA) is 220 Å². The number of primary amides is 1. The molecule has 0 saturated heterocycles. The number of nitrogens with one attached hydrogen (secondary N) is 3. The van der Waals surface area contributed by atoms with Gasteiger partial charge in [0.05, 0.1) is 6.04 Å². The van der Waals surface area contributed by atoms with Gasteiger partial charge in [-0.25, -0.2) is 4.79 Å². The van der Waals surface area contributed by atoms with E-state index in [-0.39, 0.29) is 25.7 Å². The Labute approximate surface area is 192 Å². The smallest absolute Gasteiger partial charge is 0.326 e. The third-order valence-corrected chi connectivity index (χ3v) is 5.18. The van der Waals surface area contributed by atoms with Crippen molar-refractivity contribution in [3.05, 3.63) is 0 Å². The molecular weight excluding hydrogens is 440 g/mol. The zero-order valence-electron chi connectivity index (χ0n) is 18.6. The Kier molecular flexibility index (Phi) is 15.1. The number of thioether (sulfide) groups is 1. The van der Waals surface area contributed by atoms with E-state index in [1.165, 1.54) is 18.7 Å². The first-order valence-electron chi connectivity index (χ1n) is 10.4. The lowest BCUT2D eigenvalue weighted by Crippen LogP contribution is -2.57. The van der Waals surface area contributed by atoms with Gasteiger partial charge in [0.1, 0.15) is 18.1 Å². The van der Waals surface area contributed by atoms with E-state index >= 15 is 0 Å². The van der Waals surface area contributed by atoms with Gasteiger partial charge in [0.15, 0.2) is 0 Å². The summed E-state index contributed by atoms with van der Waals surface area (Å²) in [6.45, 7) is 1.87. The quantitative estimate of drug-likeness (QED) is 0.115. The zero-order chi connectivity index (χ0) is 24.7. The molecule has 4 unspecified atom stereocenters. The van der Waals surface area contributed by atoms with E-state index in [1.54, 1.807) is 6.26 Å². The van der Waals surface area contributed by atoms with Gasteiger partial charge in [-0.05, 0) is 57.6 Å². The van der Waals surface area contributed by atoms with Gasteiger partial charge < -0.3 is 38.3 Å². The first-order chi connectivity index (χ1) is 15.0. The summed E-state index contributed by atoms with van der Waals surface area (Å²) in [4.78, 5) is 60.2. The van der Waals surface area contributed by atoms with E-state index in [4.69, 9.17) is 17.2 Å². The Hall–Kier alpha value is -2.38. The molecule has 0 fully saturated rings. The van der Waals surface area contributed by atoms with Crippen LogP contribution in [0.25, 0.3) is 0 Å². The maximum Gasteiger partial charge on any atom is 0.326 e. The number of carboxylic acid groups (broad SMARTS) is 1. The van der Waals surface area contributed by atoms with Crippen LogP contribution in [-0.2, 0) is 24.0 Å². The summed E-state index contributed by atoms with van der Waals surface area (Å²) in [5.41, 5.74) is 16.2. The van der Waals surface area contributed by atoms with Gasteiger partial charge >= 0.3 is 5.97 Å². The molecule has 0 radical (unpaired) electrons. The van der Waals surface area contributed by atoms with E-state index in [2.05, 4.69) is 16.0 Å². The molecule has 0 spiro atoms. The Balaban J connectivity index is 5.42. The van der Waals surface area contributed by atoms with Crippen LogP contribution in [0.5, 0.6) is 0 Å². The van der Waals surface area contributed by atoms with Crippen LogP contribution in [0.1, 0.15) is 45.4 Å². The van der Waals surface area contributed by atoms with Gasteiger partial charge in [-0.3, -0.25) is 19.2 Å². The normalized spacial score (nSPS) is 14.5. The van der Waals surface area contributed by atoms with Crippen molar-refractivity contribution >= 4 is 41.4 Å².